The van der Waals surface area contributed by atoms with Crippen LogP contribution >= 0.6 is 11.6 Å². The molecule has 0 aromatic rings. The van der Waals surface area contributed by atoms with Crippen molar-refractivity contribution in [2.24, 2.45) is 5.92 Å². The molecule has 1 saturated heterocycles. The molecule has 0 bridgehead atoms. The molecule has 1 aliphatic rings. The maximum Gasteiger partial charge on any atom is 0.225 e. The number of nitrogens with one attached hydrogen (secondary N) is 1. The third-order valence-corrected chi connectivity index (χ3v) is 4.04. The van der Waals surface area contributed by atoms with Gasteiger partial charge in [0, 0.05) is 12.5 Å². The number of rotatable bonds is 5. The zero-order valence-corrected chi connectivity index (χ0v) is 11.0. The Morgan fingerprint density at radius 2 is 2.19 bits per heavy atom. The van der Waals surface area contributed by atoms with Crippen LogP contribution in [0.2, 0.25) is 0 Å². The van der Waals surface area contributed by atoms with E-state index in [1.165, 1.54) is 0 Å². The molecule has 1 amide bonds. The van der Waals surface area contributed by atoms with Gasteiger partial charge in [0.25, 0.3) is 0 Å². The molecule has 0 spiro atoms. The van der Waals surface area contributed by atoms with E-state index in [2.05, 4.69) is 19.2 Å². The highest BCUT2D eigenvalue weighted by Crippen LogP contribution is 2.20. The summed E-state index contributed by atoms with van der Waals surface area (Å²) in [6.07, 6.45) is 3.64. The summed E-state index contributed by atoms with van der Waals surface area (Å²) in [5, 5.41) is 3.10. The molecule has 16 heavy (non-hydrogen) atoms. The quantitative estimate of drug-likeness (QED) is 0.758. The lowest BCUT2D eigenvalue weighted by molar-refractivity contribution is -0.130. The van der Waals surface area contributed by atoms with Crippen molar-refractivity contribution in [3.63, 3.8) is 0 Å². The summed E-state index contributed by atoms with van der Waals surface area (Å²) in [6, 6.07) is 0. The van der Waals surface area contributed by atoms with Crippen molar-refractivity contribution in [1.29, 1.82) is 0 Å². The number of hydrogen-bond acceptors (Lipinski definition) is 2. The summed E-state index contributed by atoms with van der Waals surface area (Å²) < 4.78 is 5.32. The number of carbonyl (C=O) groups excluding carboxylic acids is 1. The second-order valence-corrected chi connectivity index (χ2v) is 4.79. The molecule has 1 N–H and O–H groups in total. The number of amides is 1. The smallest absolute Gasteiger partial charge is 0.225 e. The Morgan fingerprint density at radius 3 is 2.62 bits per heavy atom. The number of alkyl halides is 1. The molecular weight excluding hydrogens is 226 g/mol. The minimum Gasteiger partial charge on any atom is -0.381 e. The predicted molar refractivity (Wildman–Crippen MR) is 65.7 cm³/mol. The van der Waals surface area contributed by atoms with Gasteiger partial charge in [-0.15, -0.1) is 11.6 Å². The van der Waals surface area contributed by atoms with Gasteiger partial charge in [0.15, 0.2) is 0 Å². The van der Waals surface area contributed by atoms with Gasteiger partial charge in [-0.05, 0) is 25.7 Å². The molecule has 3 nitrogen and oxygen atoms in total. The molecule has 1 aliphatic heterocycles. The summed E-state index contributed by atoms with van der Waals surface area (Å²) >= 11 is 5.96. The second-order valence-electron chi connectivity index (χ2n) is 4.52. The van der Waals surface area contributed by atoms with Gasteiger partial charge in [-0.3, -0.25) is 4.79 Å². The van der Waals surface area contributed by atoms with E-state index in [1.807, 2.05) is 0 Å². The lowest BCUT2D eigenvalue weighted by Gasteiger charge is -2.33. The average Bonchev–Trinajstić information content (AvgIpc) is 2.37. The first kappa shape index (κ1) is 13.8. The number of halogens is 1. The van der Waals surface area contributed by atoms with E-state index in [9.17, 15) is 4.79 Å². The Kier molecular flexibility index (Phi) is 5.56. The minimum absolute atomic E-state index is 0.00874. The van der Waals surface area contributed by atoms with Crippen LogP contribution in [0, 0.1) is 5.92 Å². The summed E-state index contributed by atoms with van der Waals surface area (Å²) in [5.74, 6) is 0.581. The zero-order valence-electron chi connectivity index (χ0n) is 10.2. The van der Waals surface area contributed by atoms with Crippen LogP contribution in [0.15, 0.2) is 0 Å². The molecule has 0 aromatic carbocycles. The van der Waals surface area contributed by atoms with E-state index in [0.29, 0.717) is 12.5 Å². The maximum absolute atomic E-state index is 12.0. The van der Waals surface area contributed by atoms with Gasteiger partial charge in [0.2, 0.25) is 5.91 Å². The Bertz CT molecular complexity index is 215. The highest BCUT2D eigenvalue weighted by atomic mass is 35.5. The number of carbonyl (C=O) groups is 1. The van der Waals surface area contributed by atoms with Crippen molar-refractivity contribution in [3.8, 4) is 0 Å². The van der Waals surface area contributed by atoms with Gasteiger partial charge in [-0.25, -0.2) is 0 Å². The number of ether oxygens (including phenoxy) is 1. The fourth-order valence-corrected chi connectivity index (χ4v) is 2.40. The topological polar surface area (TPSA) is 38.3 Å². The van der Waals surface area contributed by atoms with Crippen molar-refractivity contribution < 1.29 is 9.53 Å². The summed E-state index contributed by atoms with van der Waals surface area (Å²) in [4.78, 5) is 12.0. The van der Waals surface area contributed by atoms with Gasteiger partial charge in [-0.2, -0.15) is 0 Å². The lowest BCUT2D eigenvalue weighted by atomic mass is 9.93. The van der Waals surface area contributed by atoms with Crippen molar-refractivity contribution in [3.05, 3.63) is 0 Å². The monoisotopic (exact) mass is 247 g/mol. The fraction of sp³-hybridized carbons (Fsp3) is 0.917. The van der Waals surface area contributed by atoms with E-state index in [-0.39, 0.29) is 17.4 Å². The number of hydrogen-bond donors (Lipinski definition) is 1. The Hall–Kier alpha value is -0.280. The molecule has 0 aromatic heterocycles. The summed E-state index contributed by atoms with van der Waals surface area (Å²) in [7, 11) is 0. The maximum atomic E-state index is 12.0. The summed E-state index contributed by atoms with van der Waals surface area (Å²) in [6.45, 7) is 5.46. The van der Waals surface area contributed by atoms with Crippen LogP contribution in [0.5, 0.6) is 0 Å². The second kappa shape index (κ2) is 6.45. The largest absolute Gasteiger partial charge is 0.381 e. The Morgan fingerprint density at radius 1 is 1.50 bits per heavy atom. The highest BCUT2D eigenvalue weighted by molar-refractivity contribution is 6.18. The van der Waals surface area contributed by atoms with E-state index >= 15 is 0 Å². The molecule has 0 radical (unpaired) electrons. The van der Waals surface area contributed by atoms with Gasteiger partial charge in [0.05, 0.1) is 18.1 Å². The van der Waals surface area contributed by atoms with Gasteiger partial charge >= 0.3 is 0 Å². The summed E-state index contributed by atoms with van der Waals surface area (Å²) in [5.41, 5.74) is -0.240. The van der Waals surface area contributed by atoms with Gasteiger partial charge < -0.3 is 10.1 Å². The Balaban J connectivity index is 2.53. The van der Waals surface area contributed by atoms with Crippen LogP contribution in [0.4, 0.5) is 0 Å². The molecule has 1 fully saturated rings. The fourth-order valence-electron chi connectivity index (χ4n) is 1.96. The molecule has 94 valence electrons. The molecule has 4 heteroatoms. The van der Waals surface area contributed by atoms with Crippen molar-refractivity contribution in [1.82, 2.24) is 5.32 Å². The molecular formula is C12H22ClNO2. The van der Waals surface area contributed by atoms with Crippen LogP contribution in [-0.4, -0.2) is 30.5 Å². The molecule has 1 atom stereocenters. The van der Waals surface area contributed by atoms with Crippen LogP contribution in [0.3, 0.4) is 0 Å². The SMILES string of the molecule is CCC(CC)(CCl)NC(=O)C1CCCOC1. The van der Waals surface area contributed by atoms with Crippen LogP contribution < -0.4 is 5.32 Å². The zero-order chi connectivity index (χ0) is 12.0. The average molecular weight is 248 g/mol. The third-order valence-electron chi connectivity index (χ3n) is 3.53. The van der Waals surface area contributed by atoms with Gasteiger partial charge in [0.1, 0.15) is 0 Å². The predicted octanol–water partition coefficient (Wildman–Crippen LogP) is 2.33. The third kappa shape index (κ3) is 3.36. The minimum atomic E-state index is -0.240. The highest BCUT2D eigenvalue weighted by Gasteiger charge is 2.31. The first-order valence-corrected chi connectivity index (χ1v) is 6.66. The Labute approximate surface area is 103 Å². The standard InChI is InChI=1S/C12H22ClNO2/c1-3-12(4-2,9-13)14-11(15)10-6-5-7-16-8-10/h10H,3-9H2,1-2H3,(H,14,15). The van der Waals surface area contributed by atoms with Crippen LogP contribution in [-0.2, 0) is 9.53 Å². The van der Waals surface area contributed by atoms with Crippen molar-refractivity contribution >= 4 is 17.5 Å². The first-order valence-electron chi connectivity index (χ1n) is 6.13. The lowest BCUT2D eigenvalue weighted by Crippen LogP contribution is -2.52. The molecule has 0 saturated carbocycles. The molecule has 1 heterocycles. The van der Waals surface area contributed by atoms with E-state index < -0.39 is 0 Å². The van der Waals surface area contributed by atoms with Crippen LogP contribution in [0.1, 0.15) is 39.5 Å². The van der Waals surface area contributed by atoms with Crippen molar-refractivity contribution in [2.75, 3.05) is 19.1 Å². The van der Waals surface area contributed by atoms with E-state index in [1.54, 1.807) is 0 Å². The normalized spacial score (nSPS) is 21.8. The van der Waals surface area contributed by atoms with Gasteiger partial charge in [-0.1, -0.05) is 13.8 Å². The van der Waals surface area contributed by atoms with Crippen LogP contribution in [0.25, 0.3) is 0 Å². The van der Waals surface area contributed by atoms with E-state index in [0.717, 1.165) is 32.3 Å². The molecule has 0 aliphatic carbocycles. The first-order chi connectivity index (χ1) is 7.67. The molecule has 1 rings (SSSR count). The van der Waals surface area contributed by atoms with Crippen molar-refractivity contribution in [2.45, 2.75) is 45.1 Å². The molecule has 1 unspecified atom stereocenters. The van der Waals surface area contributed by atoms with E-state index in [4.69, 9.17) is 16.3 Å².